The minimum absolute atomic E-state index is 0.346. The van der Waals surface area contributed by atoms with Gasteiger partial charge in [-0.25, -0.2) is 0 Å². The van der Waals surface area contributed by atoms with E-state index in [1.807, 2.05) is 49.4 Å². The SMILES string of the molecule is Cc1onc(-c2ccccc2)c1-c1nnc(CSc2nnc(-c3cccc(Cl)c3)o2)o1. The van der Waals surface area contributed by atoms with Crippen LogP contribution in [0.15, 0.2) is 73.2 Å². The Bertz CT molecular complexity index is 1330. The number of hydrogen-bond acceptors (Lipinski definition) is 9. The number of nitrogens with zero attached hydrogens (tertiary/aromatic N) is 5. The summed E-state index contributed by atoms with van der Waals surface area (Å²) in [6.07, 6.45) is 0. The summed E-state index contributed by atoms with van der Waals surface area (Å²) >= 11 is 7.31. The Morgan fingerprint density at radius 3 is 2.52 bits per heavy atom. The molecule has 0 fully saturated rings. The summed E-state index contributed by atoms with van der Waals surface area (Å²) in [7, 11) is 0. The Hall–Kier alpha value is -3.43. The van der Waals surface area contributed by atoms with Crippen molar-refractivity contribution < 1.29 is 13.4 Å². The molecule has 5 rings (SSSR count). The largest absolute Gasteiger partial charge is 0.420 e. The molecule has 10 heteroatoms. The van der Waals surface area contributed by atoms with Gasteiger partial charge in [0.15, 0.2) is 0 Å². The molecule has 0 bridgehead atoms. The van der Waals surface area contributed by atoms with Crippen LogP contribution in [-0.4, -0.2) is 25.6 Å². The number of aromatic nitrogens is 5. The highest BCUT2D eigenvalue weighted by atomic mass is 35.5. The van der Waals surface area contributed by atoms with Crippen molar-refractivity contribution in [2.24, 2.45) is 0 Å². The summed E-state index contributed by atoms with van der Waals surface area (Å²) in [5, 5.41) is 21.5. The van der Waals surface area contributed by atoms with E-state index in [2.05, 4.69) is 25.6 Å². The summed E-state index contributed by atoms with van der Waals surface area (Å²) in [6, 6.07) is 16.9. The summed E-state index contributed by atoms with van der Waals surface area (Å²) in [6.45, 7) is 1.81. The van der Waals surface area contributed by atoms with Crippen molar-refractivity contribution in [3.05, 3.63) is 71.3 Å². The van der Waals surface area contributed by atoms with Crippen LogP contribution in [0.5, 0.6) is 0 Å². The first-order valence-corrected chi connectivity index (χ1v) is 10.6. The van der Waals surface area contributed by atoms with Crippen molar-refractivity contribution in [3.8, 4) is 34.2 Å². The molecule has 0 amide bonds. The number of benzene rings is 2. The van der Waals surface area contributed by atoms with Gasteiger partial charge in [-0.2, -0.15) is 0 Å². The molecule has 0 aliphatic carbocycles. The lowest BCUT2D eigenvalue weighted by Gasteiger charge is -1.98. The van der Waals surface area contributed by atoms with Gasteiger partial charge in [-0.3, -0.25) is 0 Å². The van der Waals surface area contributed by atoms with E-state index < -0.39 is 0 Å². The molecule has 3 aromatic heterocycles. The van der Waals surface area contributed by atoms with Gasteiger partial charge in [0, 0.05) is 16.1 Å². The standard InChI is InChI=1S/C21H14ClN5O3S/c1-12-17(18(27-30-12)13-6-3-2-4-7-13)20-25-23-16(28-20)11-31-21-26-24-19(29-21)14-8-5-9-15(22)10-14/h2-10H,11H2,1H3. The minimum Gasteiger partial charge on any atom is -0.420 e. The smallest absolute Gasteiger partial charge is 0.277 e. The predicted octanol–water partition coefficient (Wildman–Crippen LogP) is 5.70. The Balaban J connectivity index is 1.32. The molecule has 154 valence electrons. The van der Waals surface area contributed by atoms with Crippen LogP contribution >= 0.6 is 23.4 Å². The zero-order chi connectivity index (χ0) is 21.2. The van der Waals surface area contributed by atoms with Crippen LogP contribution in [-0.2, 0) is 5.75 Å². The highest BCUT2D eigenvalue weighted by Gasteiger charge is 2.22. The topological polar surface area (TPSA) is 104 Å². The van der Waals surface area contributed by atoms with Crippen LogP contribution < -0.4 is 0 Å². The van der Waals surface area contributed by atoms with E-state index in [-0.39, 0.29) is 0 Å². The molecule has 5 aromatic rings. The van der Waals surface area contributed by atoms with Gasteiger partial charge in [0.2, 0.25) is 11.8 Å². The first-order chi connectivity index (χ1) is 15.2. The third-order valence-electron chi connectivity index (χ3n) is 4.39. The van der Waals surface area contributed by atoms with E-state index in [4.69, 9.17) is 25.0 Å². The number of halogens is 1. The summed E-state index contributed by atoms with van der Waals surface area (Å²) < 4.78 is 16.9. The molecule has 0 atom stereocenters. The molecule has 2 aromatic carbocycles. The molecule has 0 saturated heterocycles. The fraction of sp³-hybridized carbons (Fsp3) is 0.0952. The summed E-state index contributed by atoms with van der Waals surface area (Å²) in [5.74, 6) is 2.13. The molecule has 0 radical (unpaired) electrons. The molecular formula is C21H14ClN5O3S. The number of aryl methyl sites for hydroxylation is 1. The molecule has 0 aliphatic heterocycles. The van der Waals surface area contributed by atoms with Crippen LogP contribution in [0.4, 0.5) is 0 Å². The van der Waals surface area contributed by atoms with Crippen molar-refractivity contribution in [1.29, 1.82) is 0 Å². The van der Waals surface area contributed by atoms with Crippen LogP contribution in [0, 0.1) is 6.92 Å². The molecule has 0 saturated carbocycles. The van der Waals surface area contributed by atoms with E-state index in [0.717, 1.165) is 11.1 Å². The van der Waals surface area contributed by atoms with Crippen molar-refractivity contribution in [1.82, 2.24) is 25.6 Å². The average molecular weight is 452 g/mol. The van der Waals surface area contributed by atoms with Crippen molar-refractivity contribution in [3.63, 3.8) is 0 Å². The van der Waals surface area contributed by atoms with Gasteiger partial charge in [0.25, 0.3) is 11.1 Å². The van der Waals surface area contributed by atoms with Gasteiger partial charge in [0.05, 0.1) is 5.75 Å². The van der Waals surface area contributed by atoms with Crippen molar-refractivity contribution in [2.45, 2.75) is 17.9 Å². The van der Waals surface area contributed by atoms with Gasteiger partial charge in [0.1, 0.15) is 17.0 Å². The highest BCUT2D eigenvalue weighted by Crippen LogP contribution is 2.34. The Morgan fingerprint density at radius 2 is 1.68 bits per heavy atom. The monoisotopic (exact) mass is 451 g/mol. The number of hydrogen-bond donors (Lipinski definition) is 0. The molecule has 0 spiro atoms. The summed E-state index contributed by atoms with van der Waals surface area (Å²) in [4.78, 5) is 0. The number of thioether (sulfide) groups is 1. The minimum atomic E-state index is 0.346. The molecule has 8 nitrogen and oxygen atoms in total. The normalized spacial score (nSPS) is 11.2. The Kier molecular flexibility index (Phi) is 5.27. The maximum atomic E-state index is 6.01. The first-order valence-electron chi connectivity index (χ1n) is 9.24. The highest BCUT2D eigenvalue weighted by molar-refractivity contribution is 7.98. The van der Waals surface area contributed by atoms with Crippen LogP contribution in [0.2, 0.25) is 5.02 Å². The zero-order valence-electron chi connectivity index (χ0n) is 16.2. The van der Waals surface area contributed by atoms with E-state index >= 15 is 0 Å². The average Bonchev–Trinajstić information content (AvgIpc) is 3.52. The fourth-order valence-corrected chi connectivity index (χ4v) is 3.75. The molecule has 0 N–H and O–H groups in total. The van der Waals surface area contributed by atoms with E-state index in [1.54, 1.807) is 12.1 Å². The van der Waals surface area contributed by atoms with E-state index in [9.17, 15) is 0 Å². The van der Waals surface area contributed by atoms with Gasteiger partial charge >= 0.3 is 0 Å². The van der Waals surface area contributed by atoms with Crippen molar-refractivity contribution >= 4 is 23.4 Å². The van der Waals surface area contributed by atoms with E-state index in [1.165, 1.54) is 11.8 Å². The lowest BCUT2D eigenvalue weighted by atomic mass is 10.1. The maximum Gasteiger partial charge on any atom is 0.277 e. The Morgan fingerprint density at radius 1 is 0.871 bits per heavy atom. The van der Waals surface area contributed by atoms with Gasteiger partial charge in [-0.05, 0) is 25.1 Å². The molecule has 0 unspecified atom stereocenters. The second-order valence-corrected chi connectivity index (χ2v) is 7.86. The van der Waals surface area contributed by atoms with Crippen LogP contribution in [0.1, 0.15) is 11.7 Å². The zero-order valence-corrected chi connectivity index (χ0v) is 17.7. The summed E-state index contributed by atoms with van der Waals surface area (Å²) in [5.41, 5.74) is 2.99. The van der Waals surface area contributed by atoms with Gasteiger partial charge < -0.3 is 13.4 Å². The second-order valence-electron chi connectivity index (χ2n) is 6.50. The lowest BCUT2D eigenvalue weighted by molar-refractivity contribution is 0.399. The first kappa shape index (κ1) is 19.5. The predicted molar refractivity (Wildman–Crippen MR) is 114 cm³/mol. The fourth-order valence-electron chi connectivity index (χ4n) is 2.96. The molecular weight excluding hydrogens is 438 g/mol. The van der Waals surface area contributed by atoms with Crippen LogP contribution in [0.25, 0.3) is 34.2 Å². The maximum absolute atomic E-state index is 6.01. The third-order valence-corrected chi connectivity index (χ3v) is 5.43. The number of rotatable bonds is 6. The quantitative estimate of drug-likeness (QED) is 0.301. The lowest BCUT2D eigenvalue weighted by Crippen LogP contribution is -1.84. The molecule has 31 heavy (non-hydrogen) atoms. The Labute approximate surface area is 185 Å². The molecule has 0 aliphatic rings. The van der Waals surface area contributed by atoms with E-state index in [0.29, 0.717) is 50.7 Å². The van der Waals surface area contributed by atoms with Gasteiger partial charge in [-0.15, -0.1) is 20.4 Å². The van der Waals surface area contributed by atoms with Crippen molar-refractivity contribution in [2.75, 3.05) is 0 Å². The van der Waals surface area contributed by atoms with Gasteiger partial charge in [-0.1, -0.05) is 64.9 Å². The third kappa shape index (κ3) is 4.10. The molecule has 3 heterocycles. The van der Waals surface area contributed by atoms with Crippen LogP contribution in [0.3, 0.4) is 0 Å². The second kappa shape index (κ2) is 8.37.